The summed E-state index contributed by atoms with van der Waals surface area (Å²) in [6.45, 7) is 5.29. The van der Waals surface area contributed by atoms with Gasteiger partial charge in [0.05, 0.1) is 0 Å². The van der Waals surface area contributed by atoms with Crippen LogP contribution in [0.4, 0.5) is 13.2 Å². The van der Waals surface area contributed by atoms with Crippen LogP contribution in [-0.2, 0) is 15.3 Å². The normalized spacial score (nSPS) is 11.4. The molecule has 0 atom stereocenters. The molecule has 0 aliphatic heterocycles. The Labute approximate surface area is 132 Å². The highest BCUT2D eigenvalue weighted by Crippen LogP contribution is 2.18. The summed E-state index contributed by atoms with van der Waals surface area (Å²) in [5.74, 6) is -2.46. The van der Waals surface area contributed by atoms with E-state index in [9.17, 15) is 13.2 Å². The molecule has 2 nitrogen and oxygen atoms in total. The number of rotatable bonds is 11. The first kappa shape index (κ1) is 19.2. The van der Waals surface area contributed by atoms with Crippen molar-refractivity contribution in [2.75, 3.05) is 13.2 Å². The molecule has 0 bridgehead atoms. The third-order valence-electron chi connectivity index (χ3n) is 3.43. The summed E-state index contributed by atoms with van der Waals surface area (Å²) < 4.78 is 50.9. The van der Waals surface area contributed by atoms with E-state index in [-0.39, 0.29) is 5.56 Å². The fraction of sp³-hybridized carbons (Fsp3) is 0.625. The summed E-state index contributed by atoms with van der Waals surface area (Å²) in [7, 11) is -1.53. The first-order valence-electron chi connectivity index (χ1n) is 7.95. The molecule has 1 rings (SSSR count). The SMILES string of the molecule is CCO[SiH](CCCCCCc1c(F)cc(F)cc1F)OCC. The molecule has 0 heterocycles. The Kier molecular flexibility index (Phi) is 9.43. The van der Waals surface area contributed by atoms with Crippen molar-refractivity contribution < 1.29 is 22.0 Å². The lowest BCUT2D eigenvalue weighted by Crippen LogP contribution is -2.22. The quantitative estimate of drug-likeness (QED) is 0.438. The fourth-order valence-corrected chi connectivity index (χ4v) is 4.16. The van der Waals surface area contributed by atoms with Gasteiger partial charge in [0, 0.05) is 30.9 Å². The Morgan fingerprint density at radius 1 is 0.864 bits per heavy atom. The van der Waals surface area contributed by atoms with Crippen LogP contribution in [0.3, 0.4) is 0 Å². The zero-order valence-electron chi connectivity index (χ0n) is 13.3. The summed E-state index contributed by atoms with van der Waals surface area (Å²) in [5, 5.41) is 0. The molecule has 0 N–H and O–H groups in total. The summed E-state index contributed by atoms with van der Waals surface area (Å²) in [5.41, 5.74) is -0.0164. The molecule has 0 radical (unpaired) electrons. The molecule has 0 aliphatic rings. The van der Waals surface area contributed by atoms with Crippen molar-refractivity contribution in [3.63, 3.8) is 0 Å². The Morgan fingerprint density at radius 3 is 1.95 bits per heavy atom. The average molecular weight is 334 g/mol. The van der Waals surface area contributed by atoms with E-state index < -0.39 is 26.7 Å². The predicted molar refractivity (Wildman–Crippen MR) is 83.7 cm³/mol. The molecule has 0 spiro atoms. The van der Waals surface area contributed by atoms with Gasteiger partial charge in [-0.05, 0) is 32.7 Å². The minimum Gasteiger partial charge on any atom is -0.397 e. The second-order valence-electron chi connectivity index (χ2n) is 5.14. The fourth-order valence-electron chi connectivity index (χ4n) is 2.36. The van der Waals surface area contributed by atoms with Crippen molar-refractivity contribution in [3.8, 4) is 0 Å². The van der Waals surface area contributed by atoms with Gasteiger partial charge >= 0.3 is 9.28 Å². The summed E-state index contributed by atoms with van der Waals surface area (Å²) in [4.78, 5) is 0. The van der Waals surface area contributed by atoms with Crippen LogP contribution in [0, 0.1) is 17.5 Å². The van der Waals surface area contributed by atoms with Crippen molar-refractivity contribution in [2.45, 2.75) is 52.0 Å². The van der Waals surface area contributed by atoms with Gasteiger partial charge in [-0.25, -0.2) is 13.2 Å². The van der Waals surface area contributed by atoms with E-state index in [1.165, 1.54) is 0 Å². The Hall–Kier alpha value is -0.853. The highest BCUT2D eigenvalue weighted by molar-refractivity contribution is 6.44. The molecule has 1 aromatic carbocycles. The molecule has 0 amide bonds. The van der Waals surface area contributed by atoms with Gasteiger partial charge < -0.3 is 8.85 Å². The van der Waals surface area contributed by atoms with Gasteiger partial charge in [0.2, 0.25) is 0 Å². The van der Waals surface area contributed by atoms with Crippen LogP contribution in [0.25, 0.3) is 0 Å². The lowest BCUT2D eigenvalue weighted by Gasteiger charge is -2.14. The zero-order chi connectivity index (χ0) is 16.4. The molecule has 1 aromatic rings. The van der Waals surface area contributed by atoms with E-state index in [0.717, 1.165) is 37.4 Å². The highest BCUT2D eigenvalue weighted by Gasteiger charge is 2.12. The Morgan fingerprint density at radius 2 is 1.41 bits per heavy atom. The van der Waals surface area contributed by atoms with Gasteiger partial charge in [0.25, 0.3) is 0 Å². The first-order chi connectivity index (χ1) is 10.6. The van der Waals surface area contributed by atoms with Gasteiger partial charge in [-0.15, -0.1) is 0 Å². The number of hydrogen-bond donors (Lipinski definition) is 0. The molecule has 22 heavy (non-hydrogen) atoms. The third kappa shape index (κ3) is 6.94. The molecular weight excluding hydrogens is 309 g/mol. The molecule has 126 valence electrons. The smallest absolute Gasteiger partial charge is 0.321 e. The van der Waals surface area contributed by atoms with Crippen molar-refractivity contribution in [1.82, 2.24) is 0 Å². The van der Waals surface area contributed by atoms with E-state index in [2.05, 4.69) is 0 Å². The lowest BCUT2D eigenvalue weighted by molar-refractivity contribution is 0.212. The number of unbranched alkanes of at least 4 members (excludes halogenated alkanes) is 3. The minimum absolute atomic E-state index is 0.0164. The molecule has 0 saturated carbocycles. The van der Waals surface area contributed by atoms with Crippen LogP contribution in [0.1, 0.15) is 45.1 Å². The molecular formula is C16H25F3O2Si. The summed E-state index contributed by atoms with van der Waals surface area (Å²) in [6, 6.07) is 2.43. The van der Waals surface area contributed by atoms with Gasteiger partial charge in [-0.3, -0.25) is 0 Å². The summed E-state index contributed by atoms with van der Waals surface area (Å²) >= 11 is 0. The predicted octanol–water partition coefficient (Wildman–Crippen LogP) is 4.50. The van der Waals surface area contributed by atoms with Gasteiger partial charge in [-0.1, -0.05) is 19.3 Å². The monoisotopic (exact) mass is 334 g/mol. The topological polar surface area (TPSA) is 18.5 Å². The Bertz CT molecular complexity index is 414. The standard InChI is InChI=1S/C16H25F3O2Si/c1-3-20-22(21-4-2)10-8-6-5-7-9-14-15(18)11-13(17)12-16(14)19/h11-12,22H,3-10H2,1-2H3. The number of halogens is 3. The van der Waals surface area contributed by atoms with Crippen LogP contribution in [0.15, 0.2) is 12.1 Å². The largest absolute Gasteiger partial charge is 0.397 e. The molecule has 0 aromatic heterocycles. The van der Waals surface area contributed by atoms with Crippen LogP contribution in [0.2, 0.25) is 6.04 Å². The van der Waals surface area contributed by atoms with Crippen LogP contribution in [-0.4, -0.2) is 22.5 Å². The van der Waals surface area contributed by atoms with Gasteiger partial charge in [-0.2, -0.15) is 0 Å². The maximum absolute atomic E-state index is 13.5. The minimum atomic E-state index is -1.53. The van der Waals surface area contributed by atoms with Crippen LogP contribution >= 0.6 is 0 Å². The van der Waals surface area contributed by atoms with E-state index in [4.69, 9.17) is 8.85 Å². The van der Waals surface area contributed by atoms with Crippen molar-refractivity contribution in [2.24, 2.45) is 0 Å². The molecule has 0 unspecified atom stereocenters. The van der Waals surface area contributed by atoms with Crippen LogP contribution in [0.5, 0.6) is 0 Å². The van der Waals surface area contributed by atoms with Crippen molar-refractivity contribution in [3.05, 3.63) is 35.1 Å². The highest BCUT2D eigenvalue weighted by atomic mass is 28.3. The van der Waals surface area contributed by atoms with Gasteiger partial charge in [0.1, 0.15) is 17.5 Å². The lowest BCUT2D eigenvalue weighted by atomic mass is 10.1. The second kappa shape index (κ2) is 10.8. The van der Waals surface area contributed by atoms with Crippen LogP contribution < -0.4 is 0 Å². The second-order valence-corrected chi connectivity index (χ2v) is 7.24. The van der Waals surface area contributed by atoms with E-state index in [0.29, 0.717) is 26.1 Å². The van der Waals surface area contributed by atoms with E-state index >= 15 is 0 Å². The zero-order valence-corrected chi connectivity index (χ0v) is 14.5. The summed E-state index contributed by atoms with van der Waals surface area (Å²) in [6.07, 6.45) is 3.86. The number of benzene rings is 1. The van der Waals surface area contributed by atoms with E-state index in [1.54, 1.807) is 0 Å². The van der Waals surface area contributed by atoms with Gasteiger partial charge in [0.15, 0.2) is 0 Å². The van der Waals surface area contributed by atoms with Crippen molar-refractivity contribution >= 4 is 9.28 Å². The van der Waals surface area contributed by atoms with E-state index in [1.807, 2.05) is 13.8 Å². The molecule has 0 aliphatic carbocycles. The average Bonchev–Trinajstić information content (AvgIpc) is 2.45. The maximum atomic E-state index is 13.5. The Balaban J connectivity index is 2.23. The van der Waals surface area contributed by atoms with Crippen molar-refractivity contribution in [1.29, 1.82) is 0 Å². The molecule has 6 heteroatoms. The third-order valence-corrected chi connectivity index (χ3v) is 5.72. The molecule has 0 saturated heterocycles. The maximum Gasteiger partial charge on any atom is 0.321 e. The number of hydrogen-bond acceptors (Lipinski definition) is 2. The molecule has 0 fully saturated rings. The first-order valence-corrected chi connectivity index (χ1v) is 9.71.